The summed E-state index contributed by atoms with van der Waals surface area (Å²) >= 11 is 0. The number of benzene rings is 2. The summed E-state index contributed by atoms with van der Waals surface area (Å²) in [5, 5.41) is 0. The summed E-state index contributed by atoms with van der Waals surface area (Å²) in [7, 11) is 0. The molecule has 1 atom stereocenters. The predicted molar refractivity (Wildman–Crippen MR) is 102 cm³/mol. The summed E-state index contributed by atoms with van der Waals surface area (Å²) in [6.45, 7) is 2.00. The first kappa shape index (κ1) is 20.3. The molecule has 0 bridgehead atoms. The van der Waals surface area contributed by atoms with E-state index < -0.39 is 23.6 Å². The molecule has 9 heteroatoms. The van der Waals surface area contributed by atoms with Crippen LogP contribution in [0, 0.1) is 5.82 Å². The number of carbonyl (C=O) groups excluding carboxylic acids is 2. The summed E-state index contributed by atoms with van der Waals surface area (Å²) in [4.78, 5) is 29.2. The standard InChI is InChI=1S/C21H19F4N3O2/c22-15-4-6-16(7-5-15)28-19(29)13-18(20(28)30)27-10-8-26(9-11-27)17-3-1-2-14(12-17)21(23,24)25/h1-7,12,18H,8-11,13H2/p+1/t18-/m0/s1. The second kappa shape index (κ2) is 7.71. The molecule has 0 radical (unpaired) electrons. The molecule has 0 aromatic heterocycles. The summed E-state index contributed by atoms with van der Waals surface area (Å²) in [5.41, 5.74) is 0.142. The number of amides is 2. The van der Waals surface area contributed by atoms with Crippen LogP contribution in [-0.2, 0) is 15.8 Å². The summed E-state index contributed by atoms with van der Waals surface area (Å²) < 4.78 is 52.0. The van der Waals surface area contributed by atoms with E-state index in [2.05, 4.69) is 0 Å². The third-order valence-corrected chi connectivity index (χ3v) is 5.67. The number of rotatable bonds is 3. The first-order valence-corrected chi connectivity index (χ1v) is 9.63. The van der Waals surface area contributed by atoms with E-state index >= 15 is 0 Å². The van der Waals surface area contributed by atoms with Crippen LogP contribution in [-0.4, -0.2) is 44.0 Å². The van der Waals surface area contributed by atoms with Crippen LogP contribution < -0.4 is 14.7 Å². The number of nitrogens with one attached hydrogen (secondary N) is 1. The van der Waals surface area contributed by atoms with Gasteiger partial charge in [-0.1, -0.05) is 6.07 Å². The highest BCUT2D eigenvalue weighted by atomic mass is 19.4. The molecule has 2 aromatic rings. The van der Waals surface area contributed by atoms with Crippen molar-refractivity contribution in [2.45, 2.75) is 18.6 Å². The Morgan fingerprint density at radius 3 is 2.23 bits per heavy atom. The van der Waals surface area contributed by atoms with Gasteiger partial charge in [0.2, 0.25) is 5.91 Å². The van der Waals surface area contributed by atoms with E-state index in [-0.39, 0.29) is 18.2 Å². The van der Waals surface area contributed by atoms with Crippen molar-refractivity contribution in [1.29, 1.82) is 0 Å². The van der Waals surface area contributed by atoms with E-state index in [4.69, 9.17) is 0 Å². The number of carbonyl (C=O) groups is 2. The molecule has 2 saturated heterocycles. The Kier molecular flexibility index (Phi) is 5.23. The molecule has 2 aromatic carbocycles. The third kappa shape index (κ3) is 3.89. The van der Waals surface area contributed by atoms with Gasteiger partial charge >= 0.3 is 6.18 Å². The average Bonchev–Trinajstić information content (AvgIpc) is 3.02. The van der Waals surface area contributed by atoms with Crippen LogP contribution in [0.25, 0.3) is 0 Å². The Balaban J connectivity index is 1.43. The van der Waals surface area contributed by atoms with Crippen molar-refractivity contribution in [3.05, 3.63) is 59.9 Å². The summed E-state index contributed by atoms with van der Waals surface area (Å²) in [5.74, 6) is -1.11. The van der Waals surface area contributed by atoms with E-state index in [9.17, 15) is 27.2 Å². The van der Waals surface area contributed by atoms with Gasteiger partial charge in [-0.3, -0.25) is 9.59 Å². The van der Waals surface area contributed by atoms with Gasteiger partial charge in [-0.25, -0.2) is 9.29 Å². The maximum atomic E-state index is 13.1. The molecule has 5 nitrogen and oxygen atoms in total. The molecule has 158 valence electrons. The number of piperazine rings is 1. The molecule has 0 unspecified atom stereocenters. The van der Waals surface area contributed by atoms with E-state index in [1.807, 2.05) is 4.90 Å². The van der Waals surface area contributed by atoms with Crippen LogP contribution in [0.4, 0.5) is 28.9 Å². The Morgan fingerprint density at radius 2 is 1.60 bits per heavy atom. The largest absolute Gasteiger partial charge is 0.416 e. The molecule has 0 saturated carbocycles. The predicted octanol–water partition coefficient (Wildman–Crippen LogP) is 1.88. The van der Waals surface area contributed by atoms with Gasteiger partial charge in [0.05, 0.1) is 43.9 Å². The fourth-order valence-electron chi connectivity index (χ4n) is 4.09. The first-order valence-electron chi connectivity index (χ1n) is 9.63. The molecule has 2 heterocycles. The van der Waals surface area contributed by atoms with Crippen LogP contribution in [0.5, 0.6) is 0 Å². The molecular formula is C21H20F4N3O2+. The lowest BCUT2D eigenvalue weighted by Gasteiger charge is -2.35. The normalized spacial score (nSPS) is 20.9. The number of halogens is 4. The fourth-order valence-corrected chi connectivity index (χ4v) is 4.09. The lowest BCUT2D eigenvalue weighted by atomic mass is 10.1. The SMILES string of the molecule is O=C1C[C@H]([NH+]2CCN(c3cccc(C(F)(F)F)c3)CC2)C(=O)N1c1ccc(F)cc1. The molecule has 2 aliphatic rings. The van der Waals surface area contributed by atoms with Gasteiger partial charge in [-0.15, -0.1) is 0 Å². The molecule has 0 aliphatic carbocycles. The Bertz CT molecular complexity index is 953. The molecule has 4 rings (SSSR count). The minimum Gasteiger partial charge on any atom is -0.360 e. The van der Waals surface area contributed by atoms with E-state index in [0.29, 0.717) is 37.6 Å². The topological polar surface area (TPSA) is 45.1 Å². The first-order chi connectivity index (χ1) is 14.2. The van der Waals surface area contributed by atoms with E-state index in [1.54, 1.807) is 6.07 Å². The second-order valence-corrected chi connectivity index (χ2v) is 7.49. The maximum Gasteiger partial charge on any atom is 0.416 e. The fraction of sp³-hybridized carbons (Fsp3) is 0.333. The number of quaternary nitrogens is 1. The van der Waals surface area contributed by atoms with Crippen molar-refractivity contribution in [1.82, 2.24) is 0 Å². The molecule has 1 N–H and O–H groups in total. The van der Waals surface area contributed by atoms with Crippen molar-refractivity contribution < 1.29 is 32.1 Å². The van der Waals surface area contributed by atoms with Gasteiger partial charge in [0.15, 0.2) is 6.04 Å². The van der Waals surface area contributed by atoms with Crippen molar-refractivity contribution in [3.8, 4) is 0 Å². The lowest BCUT2D eigenvalue weighted by Crippen LogP contribution is -3.19. The summed E-state index contributed by atoms with van der Waals surface area (Å²) in [6, 6.07) is 9.85. The highest BCUT2D eigenvalue weighted by Gasteiger charge is 2.46. The molecule has 2 amide bonds. The number of alkyl halides is 3. The molecule has 2 fully saturated rings. The van der Waals surface area contributed by atoms with Gasteiger partial charge in [0, 0.05) is 5.69 Å². The van der Waals surface area contributed by atoms with Gasteiger partial charge in [-0.2, -0.15) is 13.2 Å². The van der Waals surface area contributed by atoms with Gasteiger partial charge in [-0.05, 0) is 42.5 Å². The highest BCUT2D eigenvalue weighted by Crippen LogP contribution is 2.31. The molecular weight excluding hydrogens is 402 g/mol. The Hall–Kier alpha value is -2.94. The van der Waals surface area contributed by atoms with Crippen molar-refractivity contribution >= 4 is 23.2 Å². The van der Waals surface area contributed by atoms with Crippen LogP contribution in [0.2, 0.25) is 0 Å². The lowest BCUT2D eigenvalue weighted by molar-refractivity contribution is -0.915. The number of hydrogen-bond acceptors (Lipinski definition) is 3. The molecule has 2 aliphatic heterocycles. The van der Waals surface area contributed by atoms with Crippen LogP contribution in [0.3, 0.4) is 0 Å². The van der Waals surface area contributed by atoms with Gasteiger partial charge < -0.3 is 9.80 Å². The Labute approximate surface area is 170 Å². The zero-order chi connectivity index (χ0) is 21.5. The van der Waals surface area contributed by atoms with Crippen LogP contribution >= 0.6 is 0 Å². The minimum absolute atomic E-state index is 0.0646. The van der Waals surface area contributed by atoms with Crippen LogP contribution in [0.15, 0.2) is 48.5 Å². The van der Waals surface area contributed by atoms with E-state index in [1.165, 1.54) is 30.3 Å². The average molecular weight is 422 g/mol. The monoisotopic (exact) mass is 422 g/mol. The molecule has 0 spiro atoms. The van der Waals surface area contributed by atoms with Gasteiger partial charge in [0.1, 0.15) is 5.82 Å². The highest BCUT2D eigenvalue weighted by molar-refractivity contribution is 6.21. The summed E-state index contributed by atoms with van der Waals surface area (Å²) in [6.07, 6.45) is -4.33. The van der Waals surface area contributed by atoms with Crippen molar-refractivity contribution in [2.75, 3.05) is 36.0 Å². The van der Waals surface area contributed by atoms with Crippen molar-refractivity contribution in [3.63, 3.8) is 0 Å². The minimum atomic E-state index is -4.40. The van der Waals surface area contributed by atoms with Crippen LogP contribution in [0.1, 0.15) is 12.0 Å². The quantitative estimate of drug-likeness (QED) is 0.607. The zero-order valence-electron chi connectivity index (χ0n) is 16.0. The zero-order valence-corrected chi connectivity index (χ0v) is 16.0. The number of anilines is 2. The smallest absolute Gasteiger partial charge is 0.360 e. The van der Waals surface area contributed by atoms with Gasteiger partial charge in [0.25, 0.3) is 5.91 Å². The number of hydrogen-bond donors (Lipinski definition) is 1. The Morgan fingerprint density at radius 1 is 0.933 bits per heavy atom. The second-order valence-electron chi connectivity index (χ2n) is 7.49. The molecule has 30 heavy (non-hydrogen) atoms. The van der Waals surface area contributed by atoms with Crippen molar-refractivity contribution in [2.24, 2.45) is 0 Å². The third-order valence-electron chi connectivity index (χ3n) is 5.67. The number of imide groups is 1. The van der Waals surface area contributed by atoms with E-state index in [0.717, 1.165) is 21.9 Å². The maximum absolute atomic E-state index is 13.1. The number of nitrogens with zero attached hydrogens (tertiary/aromatic N) is 2.